The zero-order valence-electron chi connectivity index (χ0n) is 16.4. The normalized spacial score (nSPS) is 21.2. The van der Waals surface area contributed by atoms with Crippen LogP contribution >= 0.6 is 15.9 Å². The summed E-state index contributed by atoms with van der Waals surface area (Å²) in [6.45, 7) is -0.264. The predicted octanol–water partition coefficient (Wildman–Crippen LogP) is 1.82. The van der Waals surface area contributed by atoms with Gasteiger partial charge in [-0.15, -0.1) is 0 Å². The van der Waals surface area contributed by atoms with E-state index in [1.807, 2.05) is 0 Å². The molecule has 3 aliphatic rings. The minimum absolute atomic E-state index is 0.0149. The Morgan fingerprint density at radius 1 is 1.19 bits per heavy atom. The molecule has 1 saturated heterocycles. The third kappa shape index (κ3) is 3.29. The van der Waals surface area contributed by atoms with E-state index < -0.39 is 49.9 Å². The molecule has 2 aromatic rings. The van der Waals surface area contributed by atoms with Gasteiger partial charge in [0.2, 0.25) is 10.0 Å². The number of nitrogens with one attached hydrogen (secondary N) is 1. The smallest absolute Gasteiger partial charge is 0.326 e. The molecule has 5 rings (SSSR count). The van der Waals surface area contributed by atoms with E-state index in [1.54, 1.807) is 22.9 Å². The fourth-order valence-corrected chi connectivity index (χ4v) is 7.41. The van der Waals surface area contributed by atoms with Crippen molar-refractivity contribution in [3.8, 4) is 5.75 Å². The molecule has 0 unspecified atom stereocenters. The van der Waals surface area contributed by atoms with Crippen molar-refractivity contribution < 1.29 is 31.1 Å². The van der Waals surface area contributed by atoms with E-state index in [-0.39, 0.29) is 28.2 Å². The Morgan fingerprint density at radius 2 is 1.91 bits per heavy atom. The number of hydrogen-bond acceptors (Lipinski definition) is 6. The fourth-order valence-electron chi connectivity index (χ4n) is 3.96. The molecule has 2 heterocycles. The van der Waals surface area contributed by atoms with Crippen molar-refractivity contribution in [3.05, 3.63) is 40.1 Å². The van der Waals surface area contributed by atoms with Gasteiger partial charge in [0, 0.05) is 23.9 Å². The maximum atomic E-state index is 15.5. The number of phenolic OH excluding ortho intramolecular Hbond substituents is 1. The van der Waals surface area contributed by atoms with Crippen LogP contribution in [0.2, 0.25) is 0 Å². The van der Waals surface area contributed by atoms with Gasteiger partial charge in [-0.2, -0.15) is 12.7 Å². The number of rotatable bonds is 4. The molecular weight excluding hydrogens is 529 g/mol. The molecule has 1 aliphatic carbocycles. The first-order valence-electron chi connectivity index (χ1n) is 9.66. The predicted molar refractivity (Wildman–Crippen MR) is 119 cm³/mol. The first-order chi connectivity index (χ1) is 15.0. The minimum Gasteiger partial charge on any atom is -0.504 e. The molecular formula is C19H17BrFN3O6S2. The van der Waals surface area contributed by atoms with Crippen LogP contribution in [0.25, 0.3) is 16.3 Å². The lowest BCUT2D eigenvalue weighted by Gasteiger charge is -2.20. The highest BCUT2D eigenvalue weighted by Gasteiger charge is 2.41. The van der Waals surface area contributed by atoms with Gasteiger partial charge in [-0.05, 0) is 46.0 Å². The molecule has 32 heavy (non-hydrogen) atoms. The van der Waals surface area contributed by atoms with Gasteiger partial charge in [-0.25, -0.2) is 21.8 Å². The summed E-state index contributed by atoms with van der Waals surface area (Å²) in [5, 5.41) is 10.5. The van der Waals surface area contributed by atoms with Gasteiger partial charge in [0.1, 0.15) is 12.2 Å². The molecule has 2 fully saturated rings. The van der Waals surface area contributed by atoms with E-state index >= 15 is 4.39 Å². The molecule has 2 N–H and O–H groups in total. The molecule has 0 radical (unpaired) electrons. The van der Waals surface area contributed by atoms with Crippen molar-refractivity contribution in [1.29, 1.82) is 0 Å². The van der Waals surface area contributed by atoms with Crippen LogP contribution in [0.1, 0.15) is 18.4 Å². The van der Waals surface area contributed by atoms with Crippen LogP contribution in [-0.2, 0) is 25.0 Å². The molecule has 0 atom stereocenters. The molecule has 13 heteroatoms. The summed E-state index contributed by atoms with van der Waals surface area (Å²) in [6, 6.07) is 4.72. The molecule has 1 amide bonds. The van der Waals surface area contributed by atoms with Gasteiger partial charge in [0.25, 0.3) is 5.91 Å². The second kappa shape index (κ2) is 7.14. The zero-order chi connectivity index (χ0) is 23.0. The Hall–Kier alpha value is -2.22. The number of carbonyl (C=O) groups excluding carboxylic acids is 1. The number of anilines is 1. The average Bonchev–Trinajstić information content (AvgIpc) is 3.41. The zero-order valence-corrected chi connectivity index (χ0v) is 19.6. The lowest BCUT2D eigenvalue weighted by Crippen LogP contribution is -2.31. The maximum Gasteiger partial charge on any atom is 0.326 e. The molecule has 1 saturated carbocycles. The van der Waals surface area contributed by atoms with E-state index in [0.717, 1.165) is 0 Å². The van der Waals surface area contributed by atoms with Gasteiger partial charge >= 0.3 is 10.2 Å². The van der Waals surface area contributed by atoms with Crippen LogP contribution < -0.4 is 9.03 Å². The fraction of sp³-hybridized carbons (Fsp3) is 0.316. The van der Waals surface area contributed by atoms with Crippen LogP contribution in [-0.4, -0.2) is 57.0 Å². The van der Waals surface area contributed by atoms with Crippen molar-refractivity contribution in [3.63, 3.8) is 0 Å². The van der Waals surface area contributed by atoms with Crippen LogP contribution in [0.4, 0.5) is 10.1 Å². The summed E-state index contributed by atoms with van der Waals surface area (Å²) >= 11 is 3.19. The van der Waals surface area contributed by atoms with Crippen LogP contribution in [0.3, 0.4) is 0 Å². The number of carbonyl (C=O) groups is 1. The van der Waals surface area contributed by atoms with Crippen LogP contribution in [0, 0.1) is 5.82 Å². The average molecular weight is 546 g/mol. The number of sulfonamides is 1. The Kier molecular flexibility index (Phi) is 4.82. The maximum absolute atomic E-state index is 15.5. The number of halogens is 2. The quantitative estimate of drug-likeness (QED) is 0.603. The standard InChI is InChI=1S/C19H17BrFN3O6S2/c20-16-13-4-1-10(11-5-6-23(8-11)31(27,28)12-2-3-12)7-14(13)17(21)18(19(16)26)24-9-15(25)22-32(24,29)30/h1,4-5,7,12,26H,2-3,6,8-9H2,(H,22,25). The van der Waals surface area contributed by atoms with E-state index in [2.05, 4.69) is 15.9 Å². The molecule has 2 aliphatic heterocycles. The topological polar surface area (TPSA) is 124 Å². The number of fused-ring (bicyclic) bond motifs is 1. The molecule has 0 spiro atoms. The molecule has 9 nitrogen and oxygen atoms in total. The first-order valence-corrected chi connectivity index (χ1v) is 13.4. The van der Waals surface area contributed by atoms with Gasteiger partial charge in [0.15, 0.2) is 11.6 Å². The second-order valence-electron chi connectivity index (χ2n) is 7.89. The Labute approximate surface area is 191 Å². The van der Waals surface area contributed by atoms with Gasteiger partial charge in [-0.3, -0.25) is 4.79 Å². The lowest BCUT2D eigenvalue weighted by molar-refractivity contribution is -0.117. The lowest BCUT2D eigenvalue weighted by atomic mass is 10.0. The summed E-state index contributed by atoms with van der Waals surface area (Å²) in [5.41, 5.74) is 0.636. The summed E-state index contributed by atoms with van der Waals surface area (Å²) in [4.78, 5) is 11.6. The highest BCUT2D eigenvalue weighted by atomic mass is 79.9. The highest BCUT2D eigenvalue weighted by Crippen LogP contribution is 2.45. The minimum atomic E-state index is -4.34. The van der Waals surface area contributed by atoms with Crippen molar-refractivity contribution >= 4 is 64.1 Å². The van der Waals surface area contributed by atoms with Gasteiger partial charge < -0.3 is 5.11 Å². The molecule has 0 bridgehead atoms. The Bertz CT molecular complexity index is 1440. The number of benzene rings is 2. The van der Waals surface area contributed by atoms with E-state index in [0.29, 0.717) is 33.7 Å². The monoisotopic (exact) mass is 545 g/mol. The third-order valence-electron chi connectivity index (χ3n) is 5.77. The number of amides is 1. The molecule has 0 aromatic heterocycles. The summed E-state index contributed by atoms with van der Waals surface area (Å²) in [5.74, 6) is -2.50. The van der Waals surface area contributed by atoms with Crippen molar-refractivity contribution in [2.45, 2.75) is 18.1 Å². The van der Waals surface area contributed by atoms with E-state index in [4.69, 9.17) is 0 Å². The summed E-state index contributed by atoms with van der Waals surface area (Å²) < 4.78 is 68.7. The SMILES string of the molecule is O=C1CN(c2c(O)c(Br)c3ccc(C4=CCN(S(=O)(=O)C5CC5)C4)cc3c2F)S(=O)(=O)N1. The summed E-state index contributed by atoms with van der Waals surface area (Å²) in [6.07, 6.45) is 3.09. The first kappa shape index (κ1) is 21.6. The number of phenols is 1. The second-order valence-corrected chi connectivity index (χ2v) is 12.5. The van der Waals surface area contributed by atoms with Crippen LogP contribution in [0.5, 0.6) is 5.75 Å². The van der Waals surface area contributed by atoms with Crippen LogP contribution in [0.15, 0.2) is 28.7 Å². The number of hydrogen-bond donors (Lipinski definition) is 2. The number of nitrogens with zero attached hydrogens (tertiary/aromatic N) is 2. The van der Waals surface area contributed by atoms with E-state index in [9.17, 15) is 26.7 Å². The molecule has 170 valence electrons. The Morgan fingerprint density at radius 3 is 2.53 bits per heavy atom. The third-order valence-corrected chi connectivity index (χ3v) is 10.3. The number of aromatic hydroxyl groups is 1. The van der Waals surface area contributed by atoms with Gasteiger partial charge in [-0.1, -0.05) is 18.2 Å². The Balaban J connectivity index is 1.58. The van der Waals surface area contributed by atoms with Gasteiger partial charge in [0.05, 0.1) is 9.72 Å². The van der Waals surface area contributed by atoms with Crippen molar-refractivity contribution in [2.24, 2.45) is 0 Å². The van der Waals surface area contributed by atoms with Crippen molar-refractivity contribution in [1.82, 2.24) is 9.03 Å². The molecule has 2 aromatic carbocycles. The van der Waals surface area contributed by atoms with E-state index in [1.165, 1.54) is 10.4 Å². The largest absolute Gasteiger partial charge is 0.504 e. The summed E-state index contributed by atoms with van der Waals surface area (Å²) in [7, 11) is -7.69. The van der Waals surface area contributed by atoms with Crippen molar-refractivity contribution in [2.75, 3.05) is 23.9 Å². The highest BCUT2D eigenvalue weighted by molar-refractivity contribution is 9.10.